The zero-order valence-corrected chi connectivity index (χ0v) is 6.75. The van der Waals surface area contributed by atoms with Gasteiger partial charge in [0, 0.05) is 25.8 Å². The van der Waals surface area contributed by atoms with Crippen LogP contribution in [-0.4, -0.2) is 15.8 Å². The van der Waals surface area contributed by atoms with Crippen LogP contribution < -0.4 is 5.32 Å². The van der Waals surface area contributed by atoms with Gasteiger partial charge in [0.05, 0.1) is 5.69 Å². The van der Waals surface area contributed by atoms with Crippen LogP contribution in [0.25, 0.3) is 0 Å². The maximum atomic E-state index is 4.26. The van der Waals surface area contributed by atoms with E-state index in [2.05, 4.69) is 16.5 Å². The molecule has 1 N–H and O–H groups in total. The van der Waals surface area contributed by atoms with E-state index in [1.54, 1.807) is 0 Å². The van der Waals surface area contributed by atoms with Crippen molar-refractivity contribution < 1.29 is 0 Å². The van der Waals surface area contributed by atoms with Crippen molar-refractivity contribution in [1.29, 1.82) is 0 Å². The summed E-state index contributed by atoms with van der Waals surface area (Å²) in [6.45, 7) is 0.922. The van der Waals surface area contributed by atoms with Crippen LogP contribution in [0.3, 0.4) is 0 Å². The molecule has 0 spiro atoms. The lowest BCUT2D eigenvalue weighted by molar-refractivity contribution is 0.652. The summed E-state index contributed by atoms with van der Waals surface area (Å²) in [7, 11) is 1.95. The van der Waals surface area contributed by atoms with Crippen molar-refractivity contribution in [3.63, 3.8) is 0 Å². The number of aromatic nitrogens is 2. The Morgan fingerprint density at radius 2 is 2.55 bits per heavy atom. The van der Waals surface area contributed by atoms with Gasteiger partial charge in [-0.1, -0.05) is 0 Å². The highest BCUT2D eigenvalue weighted by molar-refractivity contribution is 4.99. The van der Waals surface area contributed by atoms with Gasteiger partial charge in [-0.2, -0.15) is 5.10 Å². The summed E-state index contributed by atoms with van der Waals surface area (Å²) < 4.78 is 1.84. The van der Waals surface area contributed by atoms with Crippen LogP contribution in [0.15, 0.2) is 12.3 Å². The highest BCUT2D eigenvalue weighted by Crippen LogP contribution is 2.18. The topological polar surface area (TPSA) is 29.9 Å². The molecule has 0 aromatic carbocycles. The molecule has 60 valence electrons. The summed E-state index contributed by atoms with van der Waals surface area (Å²) in [6, 6.07) is 2.83. The second-order valence-electron chi connectivity index (χ2n) is 3.14. The molecular weight excluding hydrogens is 138 g/mol. The minimum atomic E-state index is 0.775. The van der Waals surface area contributed by atoms with Crippen LogP contribution in [0.4, 0.5) is 0 Å². The molecule has 3 nitrogen and oxygen atoms in total. The molecule has 11 heavy (non-hydrogen) atoms. The monoisotopic (exact) mass is 151 g/mol. The summed E-state index contributed by atoms with van der Waals surface area (Å²) in [4.78, 5) is 0. The van der Waals surface area contributed by atoms with Gasteiger partial charge in [0.25, 0.3) is 0 Å². The molecule has 1 heterocycles. The normalized spacial score (nSPS) is 17.2. The number of rotatable bonds is 3. The average molecular weight is 151 g/mol. The average Bonchev–Trinajstić information content (AvgIpc) is 2.72. The van der Waals surface area contributed by atoms with E-state index < -0.39 is 0 Å². The van der Waals surface area contributed by atoms with E-state index in [9.17, 15) is 0 Å². The number of nitrogens with one attached hydrogen (secondary N) is 1. The van der Waals surface area contributed by atoms with Gasteiger partial charge in [-0.3, -0.25) is 4.68 Å². The first kappa shape index (κ1) is 6.85. The molecule has 1 aromatic rings. The van der Waals surface area contributed by atoms with Gasteiger partial charge in [-0.15, -0.1) is 0 Å². The lowest BCUT2D eigenvalue weighted by Gasteiger charge is -1.96. The molecular formula is C8H13N3. The summed E-state index contributed by atoms with van der Waals surface area (Å²) >= 11 is 0. The summed E-state index contributed by atoms with van der Waals surface area (Å²) in [5.74, 6) is 0. The Labute approximate surface area is 66.4 Å². The Hall–Kier alpha value is -0.830. The smallest absolute Gasteiger partial charge is 0.0762 e. The molecule has 1 aromatic heterocycles. The van der Waals surface area contributed by atoms with Gasteiger partial charge < -0.3 is 5.32 Å². The van der Waals surface area contributed by atoms with Crippen LogP contribution in [-0.2, 0) is 13.6 Å². The van der Waals surface area contributed by atoms with E-state index >= 15 is 0 Å². The van der Waals surface area contributed by atoms with Crippen LogP contribution in [0.5, 0.6) is 0 Å². The molecule has 0 saturated heterocycles. The molecule has 1 aliphatic rings. The fraction of sp³-hybridized carbons (Fsp3) is 0.625. The van der Waals surface area contributed by atoms with E-state index in [1.165, 1.54) is 12.8 Å². The number of hydrogen-bond donors (Lipinski definition) is 1. The predicted octanol–water partition coefficient (Wildman–Crippen LogP) is 0.672. The first-order valence-electron chi connectivity index (χ1n) is 4.06. The Morgan fingerprint density at radius 3 is 3.09 bits per heavy atom. The van der Waals surface area contributed by atoms with E-state index in [4.69, 9.17) is 0 Å². The third-order valence-electron chi connectivity index (χ3n) is 1.92. The Bertz CT molecular complexity index is 237. The molecule has 2 rings (SSSR count). The molecule has 1 fully saturated rings. The molecule has 1 aliphatic carbocycles. The van der Waals surface area contributed by atoms with Crippen molar-refractivity contribution in [3.8, 4) is 0 Å². The van der Waals surface area contributed by atoms with Crippen LogP contribution in [0, 0.1) is 0 Å². The molecule has 1 saturated carbocycles. The molecule has 3 heteroatoms. The van der Waals surface area contributed by atoms with Crippen molar-refractivity contribution in [2.45, 2.75) is 25.4 Å². The van der Waals surface area contributed by atoms with E-state index in [-0.39, 0.29) is 0 Å². The van der Waals surface area contributed by atoms with E-state index in [1.807, 2.05) is 17.9 Å². The Morgan fingerprint density at radius 1 is 1.73 bits per heavy atom. The summed E-state index contributed by atoms with van der Waals surface area (Å²) in [5.41, 5.74) is 1.14. The fourth-order valence-electron chi connectivity index (χ4n) is 1.09. The third-order valence-corrected chi connectivity index (χ3v) is 1.92. The molecule has 0 bridgehead atoms. The third kappa shape index (κ3) is 1.80. The van der Waals surface area contributed by atoms with Crippen LogP contribution >= 0.6 is 0 Å². The molecule has 0 radical (unpaired) electrons. The summed E-state index contributed by atoms with van der Waals surface area (Å²) in [6.07, 6.45) is 4.66. The number of aryl methyl sites for hydroxylation is 1. The van der Waals surface area contributed by atoms with Gasteiger partial charge in [-0.05, 0) is 18.9 Å². The van der Waals surface area contributed by atoms with Gasteiger partial charge >= 0.3 is 0 Å². The Kier molecular flexibility index (Phi) is 1.66. The van der Waals surface area contributed by atoms with Crippen molar-refractivity contribution in [2.75, 3.05) is 0 Å². The van der Waals surface area contributed by atoms with Crippen LogP contribution in [0.2, 0.25) is 0 Å². The molecule has 0 atom stereocenters. The van der Waals surface area contributed by atoms with Crippen molar-refractivity contribution in [2.24, 2.45) is 7.05 Å². The lowest BCUT2D eigenvalue weighted by atomic mass is 10.4. The fourth-order valence-corrected chi connectivity index (χ4v) is 1.09. The van der Waals surface area contributed by atoms with E-state index in [0.717, 1.165) is 18.3 Å². The maximum absolute atomic E-state index is 4.26. The second kappa shape index (κ2) is 2.66. The Balaban J connectivity index is 1.85. The highest BCUT2D eigenvalue weighted by atomic mass is 15.3. The highest BCUT2D eigenvalue weighted by Gasteiger charge is 2.20. The minimum Gasteiger partial charge on any atom is -0.308 e. The molecule has 0 aliphatic heterocycles. The van der Waals surface area contributed by atoms with Gasteiger partial charge in [0.2, 0.25) is 0 Å². The molecule has 0 amide bonds. The standard InChI is InChI=1S/C8H13N3/c1-11-5-4-8(10-11)6-9-7-2-3-7/h4-5,7,9H,2-3,6H2,1H3. The zero-order valence-electron chi connectivity index (χ0n) is 6.75. The SMILES string of the molecule is Cn1ccc(CNC2CC2)n1. The predicted molar refractivity (Wildman–Crippen MR) is 43.1 cm³/mol. The first-order chi connectivity index (χ1) is 5.34. The minimum absolute atomic E-state index is 0.775. The summed E-state index contributed by atoms with van der Waals surface area (Å²) in [5, 5.41) is 7.67. The van der Waals surface area contributed by atoms with Gasteiger partial charge in [0.15, 0.2) is 0 Å². The molecule has 0 unspecified atom stereocenters. The zero-order chi connectivity index (χ0) is 7.68. The van der Waals surface area contributed by atoms with E-state index in [0.29, 0.717) is 0 Å². The largest absolute Gasteiger partial charge is 0.308 e. The van der Waals surface area contributed by atoms with Crippen molar-refractivity contribution in [1.82, 2.24) is 15.1 Å². The quantitative estimate of drug-likeness (QED) is 0.688. The van der Waals surface area contributed by atoms with Crippen LogP contribution in [0.1, 0.15) is 18.5 Å². The second-order valence-corrected chi connectivity index (χ2v) is 3.14. The lowest BCUT2D eigenvalue weighted by Crippen LogP contribution is -2.15. The first-order valence-corrected chi connectivity index (χ1v) is 4.06. The van der Waals surface area contributed by atoms with Crippen molar-refractivity contribution >= 4 is 0 Å². The maximum Gasteiger partial charge on any atom is 0.0762 e. The number of nitrogens with zero attached hydrogens (tertiary/aromatic N) is 2. The van der Waals surface area contributed by atoms with Gasteiger partial charge in [0.1, 0.15) is 0 Å². The van der Waals surface area contributed by atoms with Gasteiger partial charge in [-0.25, -0.2) is 0 Å². The van der Waals surface area contributed by atoms with Crippen molar-refractivity contribution in [3.05, 3.63) is 18.0 Å². The number of hydrogen-bond acceptors (Lipinski definition) is 2.